The van der Waals surface area contributed by atoms with Crippen molar-refractivity contribution in [1.29, 1.82) is 0 Å². The first kappa shape index (κ1) is 18.1. The van der Waals surface area contributed by atoms with Crippen molar-refractivity contribution in [2.24, 2.45) is 0 Å². The second-order valence-electron chi connectivity index (χ2n) is 6.95. The van der Waals surface area contributed by atoms with Crippen molar-refractivity contribution < 1.29 is 27.8 Å². The number of fused-ring (bicyclic) bond motifs is 2. The van der Waals surface area contributed by atoms with Crippen LogP contribution in [0, 0.1) is 13.8 Å². The Morgan fingerprint density at radius 1 is 0.800 bits per heavy atom. The molecule has 4 aromatic rings. The molecule has 0 aliphatic carbocycles. The third kappa shape index (κ3) is 2.76. The fourth-order valence-electron chi connectivity index (χ4n) is 3.62. The fraction of sp³-hybridized carbons (Fsp3) is 0.182. The van der Waals surface area contributed by atoms with Crippen LogP contribution in [0.4, 0.5) is 0 Å². The summed E-state index contributed by atoms with van der Waals surface area (Å²) in [5.74, 6) is 1.54. The number of ether oxygens (including phenoxy) is 2. The van der Waals surface area contributed by atoms with Gasteiger partial charge >= 0.3 is 11.3 Å². The van der Waals surface area contributed by atoms with E-state index in [1.807, 2.05) is 0 Å². The van der Waals surface area contributed by atoms with E-state index in [4.69, 9.17) is 22.7 Å². The van der Waals surface area contributed by atoms with Gasteiger partial charge in [0.15, 0.2) is 11.5 Å². The van der Waals surface area contributed by atoms with E-state index in [9.17, 15) is 14.7 Å². The summed E-state index contributed by atoms with van der Waals surface area (Å²) in [5.41, 5.74) is -0.812. The van der Waals surface area contributed by atoms with Gasteiger partial charge in [-0.2, -0.15) is 0 Å². The number of benzene rings is 1. The van der Waals surface area contributed by atoms with Gasteiger partial charge in [0.05, 0.1) is 5.56 Å². The summed E-state index contributed by atoms with van der Waals surface area (Å²) in [6.07, 6.45) is 0. The molecular weight excluding hydrogens is 392 g/mol. The Balaban J connectivity index is 1.88. The average Bonchev–Trinajstić information content (AvgIpc) is 3.06. The van der Waals surface area contributed by atoms with Gasteiger partial charge in [0.2, 0.25) is 0 Å². The first-order chi connectivity index (χ1) is 14.4. The smallest absolute Gasteiger partial charge is 0.347 e. The van der Waals surface area contributed by atoms with Crippen LogP contribution in [0.25, 0.3) is 33.4 Å². The van der Waals surface area contributed by atoms with Gasteiger partial charge in [-0.25, -0.2) is 9.59 Å². The van der Waals surface area contributed by atoms with Gasteiger partial charge in [0.1, 0.15) is 52.8 Å². The van der Waals surface area contributed by atoms with Gasteiger partial charge < -0.3 is 27.8 Å². The normalized spacial score (nSPS) is 13.0. The monoisotopic (exact) mass is 408 g/mol. The standard InChI is InChI=1S/C22H16O8/c1-10-7-13(23)17(21(24)28-10)19-18-16(8-11(2)29-22(18)25)30-20(19)12-3-4-14-15(9-12)27-6-5-26-14/h3-4,7-9,23H,5-6H2,1-2H3. The fourth-order valence-corrected chi connectivity index (χ4v) is 3.62. The molecule has 3 aromatic heterocycles. The van der Waals surface area contributed by atoms with Crippen molar-refractivity contribution in [1.82, 2.24) is 0 Å². The molecule has 0 unspecified atom stereocenters. The molecule has 0 bridgehead atoms. The average molecular weight is 408 g/mol. The molecule has 0 amide bonds. The zero-order chi connectivity index (χ0) is 21.0. The number of aryl methyl sites for hydroxylation is 2. The van der Waals surface area contributed by atoms with Crippen molar-refractivity contribution in [3.05, 3.63) is 62.7 Å². The van der Waals surface area contributed by atoms with Crippen LogP contribution in [-0.2, 0) is 0 Å². The Morgan fingerprint density at radius 2 is 1.50 bits per heavy atom. The molecule has 0 saturated carbocycles. The first-order valence-electron chi connectivity index (χ1n) is 9.23. The molecule has 0 spiro atoms. The molecule has 0 fully saturated rings. The lowest BCUT2D eigenvalue weighted by Crippen LogP contribution is -2.15. The van der Waals surface area contributed by atoms with E-state index in [0.29, 0.717) is 36.0 Å². The quantitative estimate of drug-likeness (QED) is 0.533. The summed E-state index contributed by atoms with van der Waals surface area (Å²) >= 11 is 0. The highest BCUT2D eigenvalue weighted by Gasteiger charge is 2.27. The minimum Gasteiger partial charge on any atom is -0.507 e. The molecule has 0 atom stereocenters. The number of furan rings is 1. The van der Waals surface area contributed by atoms with Gasteiger partial charge in [-0.3, -0.25) is 0 Å². The maximum absolute atomic E-state index is 12.7. The Kier molecular flexibility index (Phi) is 3.95. The van der Waals surface area contributed by atoms with Gasteiger partial charge in [0, 0.05) is 17.7 Å². The van der Waals surface area contributed by atoms with Crippen LogP contribution in [0.2, 0.25) is 0 Å². The highest BCUT2D eigenvalue weighted by atomic mass is 16.6. The van der Waals surface area contributed by atoms with Crippen molar-refractivity contribution in [3.63, 3.8) is 0 Å². The molecule has 1 N–H and O–H groups in total. The van der Waals surface area contributed by atoms with Crippen LogP contribution in [0.1, 0.15) is 11.5 Å². The third-order valence-electron chi connectivity index (χ3n) is 4.84. The first-order valence-corrected chi connectivity index (χ1v) is 9.23. The Hall–Kier alpha value is -3.94. The molecule has 0 radical (unpaired) electrons. The minimum atomic E-state index is -0.797. The van der Waals surface area contributed by atoms with E-state index < -0.39 is 11.3 Å². The summed E-state index contributed by atoms with van der Waals surface area (Å²) in [5, 5.41) is 10.6. The van der Waals surface area contributed by atoms with Crippen molar-refractivity contribution in [2.45, 2.75) is 13.8 Å². The highest BCUT2D eigenvalue weighted by molar-refractivity contribution is 6.02. The number of hydrogen-bond acceptors (Lipinski definition) is 8. The van der Waals surface area contributed by atoms with Crippen LogP contribution in [0.15, 0.2) is 53.2 Å². The second kappa shape index (κ2) is 6.55. The topological polar surface area (TPSA) is 112 Å². The molecule has 1 aliphatic rings. The molecule has 8 heteroatoms. The summed E-state index contributed by atoms with van der Waals surface area (Å²) in [6, 6.07) is 7.98. The van der Waals surface area contributed by atoms with Crippen molar-refractivity contribution >= 4 is 11.0 Å². The van der Waals surface area contributed by atoms with Gasteiger partial charge in [-0.05, 0) is 32.0 Å². The molecule has 4 heterocycles. The Labute approximate surface area is 168 Å². The molecule has 1 aliphatic heterocycles. The Morgan fingerprint density at radius 3 is 2.27 bits per heavy atom. The van der Waals surface area contributed by atoms with Crippen LogP contribution in [0.3, 0.4) is 0 Å². The van der Waals surface area contributed by atoms with E-state index in [1.165, 1.54) is 13.0 Å². The van der Waals surface area contributed by atoms with Crippen LogP contribution in [0.5, 0.6) is 17.2 Å². The van der Waals surface area contributed by atoms with E-state index in [0.717, 1.165) is 0 Å². The number of aromatic hydroxyl groups is 1. The minimum absolute atomic E-state index is 0.0388. The number of hydrogen-bond donors (Lipinski definition) is 1. The molecule has 5 rings (SSSR count). The highest BCUT2D eigenvalue weighted by Crippen LogP contribution is 2.44. The van der Waals surface area contributed by atoms with E-state index in [2.05, 4.69) is 0 Å². The lowest BCUT2D eigenvalue weighted by molar-refractivity contribution is 0.171. The second-order valence-corrected chi connectivity index (χ2v) is 6.95. The maximum Gasteiger partial charge on any atom is 0.347 e. The Bertz CT molecular complexity index is 1420. The molecular formula is C22H16O8. The SMILES string of the molecule is Cc1cc(O)c(-c2c(-c3ccc4c(c3)OCCO4)oc3cc(C)oc(=O)c23)c(=O)o1. The van der Waals surface area contributed by atoms with E-state index in [-0.39, 0.29) is 39.4 Å². The summed E-state index contributed by atoms with van der Waals surface area (Å²) < 4.78 is 27.6. The van der Waals surface area contributed by atoms with Crippen LogP contribution < -0.4 is 20.7 Å². The zero-order valence-corrected chi connectivity index (χ0v) is 16.1. The van der Waals surface area contributed by atoms with Gasteiger partial charge in [0.25, 0.3) is 0 Å². The van der Waals surface area contributed by atoms with Crippen LogP contribution in [-0.4, -0.2) is 18.3 Å². The van der Waals surface area contributed by atoms with Crippen molar-refractivity contribution in [2.75, 3.05) is 13.2 Å². The van der Waals surface area contributed by atoms with Crippen LogP contribution >= 0.6 is 0 Å². The molecule has 8 nitrogen and oxygen atoms in total. The zero-order valence-electron chi connectivity index (χ0n) is 16.1. The molecule has 1 aromatic carbocycles. The predicted molar refractivity (Wildman–Crippen MR) is 106 cm³/mol. The third-order valence-corrected chi connectivity index (χ3v) is 4.84. The lowest BCUT2D eigenvalue weighted by atomic mass is 9.99. The summed E-state index contributed by atoms with van der Waals surface area (Å²) in [4.78, 5) is 25.3. The summed E-state index contributed by atoms with van der Waals surface area (Å²) in [7, 11) is 0. The van der Waals surface area contributed by atoms with E-state index in [1.54, 1.807) is 31.2 Å². The molecule has 152 valence electrons. The van der Waals surface area contributed by atoms with Gasteiger partial charge in [-0.1, -0.05) is 0 Å². The lowest BCUT2D eigenvalue weighted by Gasteiger charge is -2.18. The predicted octanol–water partition coefficient (Wildman–Crippen LogP) is 3.77. The molecule has 0 saturated heterocycles. The van der Waals surface area contributed by atoms with E-state index >= 15 is 0 Å². The number of rotatable bonds is 2. The largest absolute Gasteiger partial charge is 0.507 e. The molecule has 30 heavy (non-hydrogen) atoms. The van der Waals surface area contributed by atoms with Gasteiger partial charge in [-0.15, -0.1) is 0 Å². The maximum atomic E-state index is 12.7. The summed E-state index contributed by atoms with van der Waals surface area (Å²) in [6.45, 7) is 4.00. The van der Waals surface area contributed by atoms with Crippen molar-refractivity contribution in [3.8, 4) is 39.7 Å².